The van der Waals surface area contributed by atoms with Crippen LogP contribution in [-0.4, -0.2) is 37.3 Å². The van der Waals surface area contributed by atoms with E-state index in [0.717, 1.165) is 10.8 Å². The first-order chi connectivity index (χ1) is 14.9. The van der Waals surface area contributed by atoms with Crippen molar-refractivity contribution in [3.05, 3.63) is 59.0 Å². The predicted molar refractivity (Wildman–Crippen MR) is 121 cm³/mol. The highest BCUT2D eigenvalue weighted by Gasteiger charge is 2.22. The molecule has 0 unspecified atom stereocenters. The molecule has 2 heterocycles. The molecular weight excluding hydrogens is 416 g/mol. The molecule has 0 fully saturated rings. The maximum Gasteiger partial charge on any atom is 0.176 e. The van der Waals surface area contributed by atoms with Crippen molar-refractivity contribution in [2.24, 2.45) is 0 Å². The second-order valence-corrected chi connectivity index (χ2v) is 8.12. The van der Waals surface area contributed by atoms with Crippen LogP contribution in [0.15, 0.2) is 45.2 Å². The molecule has 0 aliphatic carbocycles. The van der Waals surface area contributed by atoms with Crippen LogP contribution >= 0.6 is 11.8 Å². The maximum atomic E-state index is 12.9. The number of fused-ring (bicyclic) bond motifs is 2. The number of thioether (sulfide) groups is 1. The molecule has 160 valence electrons. The summed E-state index contributed by atoms with van der Waals surface area (Å²) in [6.45, 7) is 3.54. The van der Waals surface area contributed by atoms with E-state index in [1.165, 1.54) is 11.8 Å². The van der Waals surface area contributed by atoms with Crippen LogP contribution in [0.3, 0.4) is 0 Å². The van der Waals surface area contributed by atoms with E-state index in [-0.39, 0.29) is 23.1 Å². The molecular formula is C24H22O6S. The highest BCUT2D eigenvalue weighted by Crippen LogP contribution is 2.32. The molecule has 0 saturated carbocycles. The van der Waals surface area contributed by atoms with Gasteiger partial charge in [-0.05, 0) is 50.2 Å². The van der Waals surface area contributed by atoms with Gasteiger partial charge in [0.25, 0.3) is 0 Å². The van der Waals surface area contributed by atoms with Gasteiger partial charge in [0.15, 0.2) is 11.6 Å². The van der Waals surface area contributed by atoms with Gasteiger partial charge in [-0.25, -0.2) is 0 Å². The normalized spacial score (nSPS) is 11.2. The van der Waals surface area contributed by atoms with E-state index in [1.54, 1.807) is 64.5 Å². The Balaban J connectivity index is 1.50. The number of ketones is 2. The number of rotatable bonds is 8. The fourth-order valence-electron chi connectivity index (χ4n) is 3.73. The fourth-order valence-corrected chi connectivity index (χ4v) is 4.49. The van der Waals surface area contributed by atoms with E-state index in [0.29, 0.717) is 45.3 Å². The lowest BCUT2D eigenvalue weighted by Gasteiger charge is -2.03. The third-order valence-electron chi connectivity index (χ3n) is 5.17. The minimum atomic E-state index is -0.0854. The number of hydrogen-bond acceptors (Lipinski definition) is 7. The SMILES string of the molecule is COc1ccc2oc(C)c(C(=O)CSCC(=O)c3c(C)oc4ccc(OC)cc34)c2c1. The average molecular weight is 439 g/mol. The topological polar surface area (TPSA) is 78.9 Å². The van der Waals surface area contributed by atoms with Gasteiger partial charge in [0.2, 0.25) is 0 Å². The van der Waals surface area contributed by atoms with Gasteiger partial charge in [-0.15, -0.1) is 11.8 Å². The van der Waals surface area contributed by atoms with Gasteiger partial charge < -0.3 is 18.3 Å². The van der Waals surface area contributed by atoms with Crippen molar-refractivity contribution in [1.82, 2.24) is 0 Å². The number of carbonyl (C=O) groups excluding carboxylic acids is 2. The highest BCUT2D eigenvalue weighted by atomic mass is 32.2. The smallest absolute Gasteiger partial charge is 0.176 e. The van der Waals surface area contributed by atoms with Crippen LogP contribution in [0, 0.1) is 13.8 Å². The summed E-state index contributed by atoms with van der Waals surface area (Å²) < 4.78 is 22.0. The monoisotopic (exact) mass is 438 g/mol. The minimum absolute atomic E-state index is 0.0854. The van der Waals surface area contributed by atoms with Crippen molar-refractivity contribution >= 4 is 45.3 Å². The van der Waals surface area contributed by atoms with E-state index < -0.39 is 0 Å². The Kier molecular flexibility index (Phi) is 5.78. The molecule has 2 aromatic carbocycles. The van der Waals surface area contributed by atoms with Gasteiger partial charge in [-0.3, -0.25) is 9.59 Å². The van der Waals surface area contributed by atoms with Crippen LogP contribution in [0.2, 0.25) is 0 Å². The largest absolute Gasteiger partial charge is 0.497 e. The Labute approximate surface area is 183 Å². The van der Waals surface area contributed by atoms with Gasteiger partial charge >= 0.3 is 0 Å². The zero-order chi connectivity index (χ0) is 22.1. The van der Waals surface area contributed by atoms with Crippen molar-refractivity contribution in [3.63, 3.8) is 0 Å². The highest BCUT2D eigenvalue weighted by molar-refractivity contribution is 8.00. The summed E-state index contributed by atoms with van der Waals surface area (Å²) in [5, 5.41) is 1.44. The third-order valence-corrected chi connectivity index (χ3v) is 6.10. The van der Waals surface area contributed by atoms with Crippen LogP contribution in [0.1, 0.15) is 32.2 Å². The average Bonchev–Trinajstić information content (AvgIpc) is 3.27. The Morgan fingerprint density at radius 2 is 1.19 bits per heavy atom. The molecule has 6 nitrogen and oxygen atoms in total. The maximum absolute atomic E-state index is 12.9. The summed E-state index contributed by atoms with van der Waals surface area (Å²) in [5.74, 6) is 2.59. The molecule has 0 saturated heterocycles. The summed E-state index contributed by atoms with van der Waals surface area (Å²) >= 11 is 1.28. The number of ether oxygens (including phenoxy) is 2. The number of aryl methyl sites for hydroxylation is 2. The first-order valence-electron chi connectivity index (χ1n) is 9.71. The summed E-state index contributed by atoms with van der Waals surface area (Å²) in [5.41, 5.74) is 2.33. The molecule has 0 radical (unpaired) electrons. The minimum Gasteiger partial charge on any atom is -0.497 e. The Hall–Kier alpha value is -3.19. The first-order valence-corrected chi connectivity index (χ1v) is 10.9. The zero-order valence-corrected chi connectivity index (χ0v) is 18.6. The van der Waals surface area contributed by atoms with Gasteiger partial charge in [0.05, 0.1) is 36.9 Å². The second kappa shape index (κ2) is 8.51. The number of furan rings is 2. The lowest BCUT2D eigenvalue weighted by Crippen LogP contribution is -2.08. The molecule has 0 N–H and O–H groups in total. The molecule has 31 heavy (non-hydrogen) atoms. The second-order valence-electron chi connectivity index (χ2n) is 7.13. The Bertz CT molecular complexity index is 1200. The number of methoxy groups -OCH3 is 2. The molecule has 0 aliphatic heterocycles. The predicted octanol–water partition coefficient (Wildman–Crippen LogP) is 5.61. The van der Waals surface area contributed by atoms with Crippen LogP contribution in [0.25, 0.3) is 21.9 Å². The summed E-state index contributed by atoms with van der Waals surface area (Å²) in [6, 6.07) is 10.7. The quantitative estimate of drug-likeness (QED) is 0.331. The molecule has 0 aliphatic rings. The lowest BCUT2D eigenvalue weighted by atomic mass is 10.1. The van der Waals surface area contributed by atoms with E-state index in [4.69, 9.17) is 18.3 Å². The number of hydrogen-bond donors (Lipinski definition) is 0. The Morgan fingerprint density at radius 1 is 0.774 bits per heavy atom. The number of Topliss-reactive ketones (excluding diaryl/α,β-unsaturated/α-hetero) is 2. The standard InChI is InChI=1S/C24H22O6S/c1-13-23(17-9-15(27-3)5-7-21(17)29-13)19(25)11-31-12-20(26)24-14(2)30-22-8-6-16(28-4)10-18(22)24/h5-10H,11-12H2,1-4H3. The Morgan fingerprint density at radius 3 is 1.58 bits per heavy atom. The molecule has 0 atom stereocenters. The van der Waals surface area contributed by atoms with Gasteiger partial charge in [0.1, 0.15) is 34.2 Å². The van der Waals surface area contributed by atoms with Crippen molar-refractivity contribution in [3.8, 4) is 11.5 Å². The van der Waals surface area contributed by atoms with Gasteiger partial charge in [0, 0.05) is 10.8 Å². The zero-order valence-electron chi connectivity index (χ0n) is 17.7. The molecule has 0 amide bonds. The lowest BCUT2D eigenvalue weighted by molar-refractivity contribution is 0.101. The molecule has 4 aromatic rings. The van der Waals surface area contributed by atoms with Crippen molar-refractivity contribution in [2.75, 3.05) is 25.7 Å². The van der Waals surface area contributed by atoms with Gasteiger partial charge in [-0.2, -0.15) is 0 Å². The van der Waals surface area contributed by atoms with E-state index in [2.05, 4.69) is 0 Å². The van der Waals surface area contributed by atoms with Crippen molar-refractivity contribution in [2.45, 2.75) is 13.8 Å². The molecule has 2 aromatic heterocycles. The summed E-state index contributed by atoms with van der Waals surface area (Å²) in [7, 11) is 3.16. The van der Waals surface area contributed by atoms with Gasteiger partial charge in [-0.1, -0.05) is 0 Å². The van der Waals surface area contributed by atoms with Crippen molar-refractivity contribution < 1.29 is 27.9 Å². The fraction of sp³-hybridized carbons (Fsp3) is 0.250. The van der Waals surface area contributed by atoms with E-state index >= 15 is 0 Å². The van der Waals surface area contributed by atoms with Crippen LogP contribution in [0.4, 0.5) is 0 Å². The van der Waals surface area contributed by atoms with Crippen LogP contribution in [-0.2, 0) is 0 Å². The summed E-state index contributed by atoms with van der Waals surface area (Å²) in [6.07, 6.45) is 0. The molecule has 4 rings (SSSR count). The van der Waals surface area contributed by atoms with E-state index in [9.17, 15) is 9.59 Å². The number of carbonyl (C=O) groups is 2. The molecule has 0 spiro atoms. The van der Waals surface area contributed by atoms with Crippen LogP contribution < -0.4 is 9.47 Å². The summed E-state index contributed by atoms with van der Waals surface area (Å²) in [4.78, 5) is 25.8. The third kappa shape index (κ3) is 3.93. The molecule has 0 bridgehead atoms. The van der Waals surface area contributed by atoms with Crippen molar-refractivity contribution in [1.29, 1.82) is 0 Å². The molecule has 7 heteroatoms. The number of benzene rings is 2. The first kappa shape index (κ1) is 21.1. The van der Waals surface area contributed by atoms with Crippen LogP contribution in [0.5, 0.6) is 11.5 Å². The van der Waals surface area contributed by atoms with E-state index in [1.807, 2.05) is 0 Å².